The topological polar surface area (TPSA) is 89.9 Å². The molecule has 0 spiro atoms. The number of aliphatic carboxylic acids is 1. The van der Waals surface area contributed by atoms with Gasteiger partial charge in [0.1, 0.15) is 0 Å². The van der Waals surface area contributed by atoms with Gasteiger partial charge in [-0.2, -0.15) is 0 Å². The maximum atomic E-state index is 11.9. The molecule has 3 N–H and O–H groups in total. The van der Waals surface area contributed by atoms with Gasteiger partial charge in [-0.15, -0.1) is 0 Å². The number of rotatable bonds is 6. The molecule has 0 bridgehead atoms. The van der Waals surface area contributed by atoms with Crippen LogP contribution in [0.25, 0.3) is 0 Å². The fourth-order valence-corrected chi connectivity index (χ4v) is 1.93. The van der Waals surface area contributed by atoms with Crippen LogP contribution >= 0.6 is 11.6 Å². The first kappa shape index (κ1) is 17.3. The van der Waals surface area contributed by atoms with Crippen molar-refractivity contribution in [1.82, 2.24) is 10.2 Å². The SMILES string of the molecule is CC(c1cccc(Cl)c1)N(C)C(=O)NCC[C@H](O)C(=O)O. The minimum atomic E-state index is -1.47. The third-order valence-corrected chi connectivity index (χ3v) is 3.45. The molecule has 7 heteroatoms. The molecule has 6 nitrogen and oxygen atoms in total. The lowest BCUT2D eigenvalue weighted by atomic mass is 10.1. The molecule has 0 aliphatic carbocycles. The predicted octanol–water partition coefficient (Wildman–Crippen LogP) is 1.88. The molecule has 1 unspecified atom stereocenters. The van der Waals surface area contributed by atoms with E-state index in [-0.39, 0.29) is 25.0 Å². The van der Waals surface area contributed by atoms with E-state index in [1.807, 2.05) is 19.1 Å². The van der Waals surface area contributed by atoms with Crippen LogP contribution in [-0.2, 0) is 4.79 Å². The Balaban J connectivity index is 2.52. The number of hydrogen-bond acceptors (Lipinski definition) is 3. The van der Waals surface area contributed by atoms with Crippen molar-refractivity contribution in [2.45, 2.75) is 25.5 Å². The Kier molecular flexibility index (Phi) is 6.45. The van der Waals surface area contributed by atoms with Gasteiger partial charge in [-0.1, -0.05) is 23.7 Å². The van der Waals surface area contributed by atoms with Crippen LogP contribution in [0, 0.1) is 0 Å². The lowest BCUT2D eigenvalue weighted by molar-refractivity contribution is -0.146. The summed E-state index contributed by atoms with van der Waals surface area (Å²) in [4.78, 5) is 23.9. The van der Waals surface area contributed by atoms with E-state index in [0.29, 0.717) is 5.02 Å². The number of carbonyl (C=O) groups excluding carboxylic acids is 1. The summed E-state index contributed by atoms with van der Waals surface area (Å²) >= 11 is 5.92. The standard InChI is InChI=1S/C14H19ClN2O4/c1-9(10-4-3-5-11(15)8-10)17(2)14(21)16-7-6-12(18)13(19)20/h3-5,8-9,12,18H,6-7H2,1-2H3,(H,16,21)(H,19,20)/t9?,12-/m0/s1. The molecule has 0 radical (unpaired) electrons. The summed E-state index contributed by atoms with van der Waals surface area (Å²) in [5.41, 5.74) is 0.894. The quantitative estimate of drug-likeness (QED) is 0.748. The molecule has 0 saturated heterocycles. The number of nitrogens with zero attached hydrogens (tertiary/aromatic N) is 1. The van der Waals surface area contributed by atoms with Crippen molar-refractivity contribution in [3.63, 3.8) is 0 Å². The molecule has 1 aromatic rings. The molecule has 0 aliphatic heterocycles. The Labute approximate surface area is 128 Å². The molecular formula is C14H19ClN2O4. The third kappa shape index (κ3) is 5.24. The van der Waals surface area contributed by atoms with Crippen LogP contribution in [0.5, 0.6) is 0 Å². The summed E-state index contributed by atoms with van der Waals surface area (Å²) in [6.07, 6.45) is -1.51. The summed E-state index contributed by atoms with van der Waals surface area (Å²) in [6.45, 7) is 1.94. The van der Waals surface area contributed by atoms with Crippen LogP contribution in [0.4, 0.5) is 4.79 Å². The van der Waals surface area contributed by atoms with E-state index < -0.39 is 12.1 Å². The van der Waals surface area contributed by atoms with Crippen LogP contribution in [0.2, 0.25) is 5.02 Å². The molecule has 2 amide bonds. The predicted molar refractivity (Wildman–Crippen MR) is 79.3 cm³/mol. The van der Waals surface area contributed by atoms with E-state index in [9.17, 15) is 9.59 Å². The van der Waals surface area contributed by atoms with E-state index in [1.165, 1.54) is 4.90 Å². The molecule has 0 saturated carbocycles. The zero-order valence-corrected chi connectivity index (χ0v) is 12.7. The van der Waals surface area contributed by atoms with E-state index >= 15 is 0 Å². The highest BCUT2D eigenvalue weighted by atomic mass is 35.5. The number of carboxylic acid groups (broad SMARTS) is 1. The summed E-state index contributed by atoms with van der Waals surface area (Å²) in [5, 5.41) is 20.8. The Morgan fingerprint density at radius 2 is 2.10 bits per heavy atom. The minimum absolute atomic E-state index is 0.0412. The maximum absolute atomic E-state index is 11.9. The zero-order chi connectivity index (χ0) is 16.0. The van der Waals surface area contributed by atoms with Gasteiger partial charge in [0.25, 0.3) is 0 Å². The summed E-state index contributed by atoms with van der Waals surface area (Å²) in [6, 6.07) is 6.68. The molecule has 116 valence electrons. The average molecular weight is 315 g/mol. The summed E-state index contributed by atoms with van der Waals surface area (Å²) in [7, 11) is 1.63. The van der Waals surface area contributed by atoms with Crippen molar-refractivity contribution in [2.75, 3.05) is 13.6 Å². The second-order valence-corrected chi connectivity index (χ2v) is 5.15. The first-order chi connectivity index (χ1) is 9.82. The first-order valence-electron chi connectivity index (χ1n) is 6.50. The van der Waals surface area contributed by atoms with Crippen molar-refractivity contribution < 1.29 is 19.8 Å². The Bertz CT molecular complexity index is 510. The first-order valence-corrected chi connectivity index (χ1v) is 6.87. The number of aliphatic hydroxyl groups is 1. The zero-order valence-electron chi connectivity index (χ0n) is 11.9. The number of nitrogens with one attached hydrogen (secondary N) is 1. The average Bonchev–Trinajstić information content (AvgIpc) is 2.45. The molecule has 21 heavy (non-hydrogen) atoms. The van der Waals surface area contributed by atoms with Crippen molar-refractivity contribution in [3.8, 4) is 0 Å². The van der Waals surface area contributed by atoms with Crippen LogP contribution in [0.15, 0.2) is 24.3 Å². The number of halogens is 1. The van der Waals surface area contributed by atoms with Gasteiger partial charge in [-0.25, -0.2) is 9.59 Å². The van der Waals surface area contributed by atoms with E-state index in [1.54, 1.807) is 19.2 Å². The molecule has 2 atom stereocenters. The summed E-state index contributed by atoms with van der Waals surface area (Å²) in [5.74, 6) is -1.30. The highest BCUT2D eigenvalue weighted by molar-refractivity contribution is 6.30. The number of carbonyl (C=O) groups is 2. The van der Waals surface area contributed by atoms with Gasteiger partial charge in [-0.05, 0) is 24.6 Å². The van der Waals surface area contributed by atoms with E-state index in [4.69, 9.17) is 21.8 Å². The third-order valence-electron chi connectivity index (χ3n) is 3.21. The van der Waals surface area contributed by atoms with E-state index in [0.717, 1.165) is 5.56 Å². The Hall–Kier alpha value is -1.79. The summed E-state index contributed by atoms with van der Waals surface area (Å²) < 4.78 is 0. The van der Waals surface area contributed by atoms with Gasteiger partial charge in [0, 0.05) is 25.0 Å². The van der Waals surface area contributed by atoms with Crippen LogP contribution in [0.3, 0.4) is 0 Å². The highest BCUT2D eigenvalue weighted by Gasteiger charge is 2.18. The molecule has 0 aromatic heterocycles. The lowest BCUT2D eigenvalue weighted by Crippen LogP contribution is -2.40. The maximum Gasteiger partial charge on any atom is 0.332 e. The van der Waals surface area contributed by atoms with E-state index in [2.05, 4.69) is 5.32 Å². The number of amides is 2. The van der Waals surface area contributed by atoms with Crippen molar-refractivity contribution in [2.24, 2.45) is 0 Å². The fourth-order valence-electron chi connectivity index (χ4n) is 1.73. The number of carboxylic acids is 1. The van der Waals surface area contributed by atoms with Crippen LogP contribution in [0.1, 0.15) is 24.9 Å². The van der Waals surface area contributed by atoms with Crippen LogP contribution in [-0.4, -0.2) is 46.8 Å². The molecule has 0 aliphatic rings. The van der Waals surface area contributed by atoms with Gasteiger partial charge < -0.3 is 20.4 Å². The number of hydrogen-bond donors (Lipinski definition) is 3. The number of aliphatic hydroxyl groups excluding tert-OH is 1. The minimum Gasteiger partial charge on any atom is -0.479 e. The second-order valence-electron chi connectivity index (χ2n) is 4.72. The lowest BCUT2D eigenvalue weighted by Gasteiger charge is -2.25. The van der Waals surface area contributed by atoms with Crippen LogP contribution < -0.4 is 5.32 Å². The molecule has 1 rings (SSSR count). The van der Waals surface area contributed by atoms with Crippen molar-refractivity contribution in [3.05, 3.63) is 34.9 Å². The number of benzene rings is 1. The van der Waals surface area contributed by atoms with Crippen molar-refractivity contribution >= 4 is 23.6 Å². The van der Waals surface area contributed by atoms with Crippen molar-refractivity contribution in [1.29, 1.82) is 0 Å². The number of urea groups is 1. The molecule has 0 heterocycles. The van der Waals surface area contributed by atoms with Gasteiger partial charge >= 0.3 is 12.0 Å². The second kappa shape index (κ2) is 7.85. The van der Waals surface area contributed by atoms with Gasteiger partial charge in [0.05, 0.1) is 6.04 Å². The Morgan fingerprint density at radius 3 is 2.67 bits per heavy atom. The highest BCUT2D eigenvalue weighted by Crippen LogP contribution is 2.21. The molecular weight excluding hydrogens is 296 g/mol. The fraction of sp³-hybridized carbons (Fsp3) is 0.429. The molecule has 0 fully saturated rings. The Morgan fingerprint density at radius 1 is 1.43 bits per heavy atom. The molecule has 1 aromatic carbocycles. The monoisotopic (exact) mass is 314 g/mol. The smallest absolute Gasteiger partial charge is 0.332 e. The van der Waals surface area contributed by atoms with Gasteiger partial charge in [-0.3, -0.25) is 0 Å². The van der Waals surface area contributed by atoms with Gasteiger partial charge in [0.2, 0.25) is 0 Å². The largest absolute Gasteiger partial charge is 0.479 e. The normalized spacial score (nSPS) is 13.3. The van der Waals surface area contributed by atoms with Gasteiger partial charge in [0.15, 0.2) is 6.10 Å².